The van der Waals surface area contributed by atoms with Crippen molar-refractivity contribution in [2.24, 2.45) is 0 Å². The molecule has 2 fully saturated rings. The molecular formula is C15H18N2O4. The summed E-state index contributed by atoms with van der Waals surface area (Å²) in [6, 6.07) is 6.54. The number of carbonyl (C=O) groups excluding carboxylic acids is 1. The second-order valence-corrected chi connectivity index (χ2v) is 5.76. The second-order valence-electron chi connectivity index (χ2n) is 5.76. The number of carbonyl (C=O) groups is 2. The van der Waals surface area contributed by atoms with Crippen molar-refractivity contribution in [2.45, 2.75) is 18.4 Å². The maximum absolute atomic E-state index is 12.2. The zero-order valence-corrected chi connectivity index (χ0v) is 11.9. The summed E-state index contributed by atoms with van der Waals surface area (Å²) in [6.07, 6.45) is 1.11. The van der Waals surface area contributed by atoms with Gasteiger partial charge in [0.2, 0.25) is 0 Å². The van der Waals surface area contributed by atoms with Gasteiger partial charge in [-0.05, 0) is 19.2 Å². The van der Waals surface area contributed by atoms with Gasteiger partial charge in [0, 0.05) is 25.9 Å². The molecule has 1 aromatic rings. The summed E-state index contributed by atoms with van der Waals surface area (Å²) in [5.41, 5.74) is 0.0556. The summed E-state index contributed by atoms with van der Waals surface area (Å²) < 4.78 is 5.61. The van der Waals surface area contributed by atoms with Crippen LogP contribution in [0.1, 0.15) is 23.2 Å². The largest absolute Gasteiger partial charge is 0.478 e. The Morgan fingerprint density at radius 2 is 1.95 bits per heavy atom. The van der Waals surface area contributed by atoms with Gasteiger partial charge >= 0.3 is 12.1 Å². The Balaban J connectivity index is 1.88. The van der Waals surface area contributed by atoms with Crippen LogP contribution in [0.25, 0.3) is 0 Å². The highest BCUT2D eigenvalue weighted by Gasteiger charge is 2.47. The van der Waals surface area contributed by atoms with E-state index in [1.807, 2.05) is 7.05 Å². The Bertz CT molecular complexity index is 579. The third-order valence-electron chi connectivity index (χ3n) is 4.29. The topological polar surface area (TPSA) is 70.1 Å². The number of amides is 1. The molecule has 0 bridgehead atoms. The lowest BCUT2D eigenvalue weighted by Crippen LogP contribution is -2.45. The molecule has 1 N–H and O–H groups in total. The number of anilines is 1. The minimum Gasteiger partial charge on any atom is -0.478 e. The standard InChI is InChI=1S/C15H18N2O4/c1-16-8-6-15(7-9-16)10-17(14(20)21-15)12-5-3-2-4-11(12)13(18)19/h2-5H,6-10H2,1H3,(H,18,19). The molecule has 2 heterocycles. The van der Waals surface area contributed by atoms with Crippen LogP contribution in [0.2, 0.25) is 0 Å². The number of carboxylic acid groups (broad SMARTS) is 1. The number of likely N-dealkylation sites (tertiary alicyclic amines) is 1. The third kappa shape index (κ3) is 2.47. The lowest BCUT2D eigenvalue weighted by atomic mass is 9.91. The first-order valence-corrected chi connectivity index (χ1v) is 7.02. The Morgan fingerprint density at radius 1 is 1.29 bits per heavy atom. The molecule has 112 valence electrons. The summed E-state index contributed by atoms with van der Waals surface area (Å²) in [7, 11) is 2.04. The number of benzene rings is 1. The van der Waals surface area contributed by atoms with Gasteiger partial charge in [0.05, 0.1) is 17.8 Å². The molecule has 0 radical (unpaired) electrons. The first-order valence-electron chi connectivity index (χ1n) is 7.02. The number of carboxylic acids is 1. The molecule has 0 saturated carbocycles. The molecular weight excluding hydrogens is 272 g/mol. The van der Waals surface area contributed by atoms with E-state index in [4.69, 9.17) is 4.74 Å². The van der Waals surface area contributed by atoms with Gasteiger partial charge in [-0.1, -0.05) is 12.1 Å². The lowest BCUT2D eigenvalue weighted by Gasteiger charge is -2.35. The van der Waals surface area contributed by atoms with Gasteiger partial charge in [-0.3, -0.25) is 4.90 Å². The van der Waals surface area contributed by atoms with Gasteiger partial charge in [0.15, 0.2) is 0 Å². The summed E-state index contributed by atoms with van der Waals surface area (Å²) in [5, 5.41) is 9.26. The van der Waals surface area contributed by atoms with Crippen LogP contribution in [0.15, 0.2) is 24.3 Å². The van der Waals surface area contributed by atoms with Gasteiger partial charge in [0.25, 0.3) is 0 Å². The maximum atomic E-state index is 12.2. The average molecular weight is 290 g/mol. The Labute approximate surface area is 122 Å². The van der Waals surface area contributed by atoms with Crippen LogP contribution < -0.4 is 4.90 Å². The van der Waals surface area contributed by atoms with E-state index in [1.165, 1.54) is 11.0 Å². The van der Waals surface area contributed by atoms with E-state index < -0.39 is 17.7 Å². The van der Waals surface area contributed by atoms with Crippen LogP contribution in [0, 0.1) is 0 Å². The minimum atomic E-state index is -1.04. The molecule has 1 aromatic carbocycles. The molecule has 2 aliphatic heterocycles. The summed E-state index contributed by atoms with van der Waals surface area (Å²) in [4.78, 5) is 27.2. The Morgan fingerprint density at radius 3 is 2.62 bits per heavy atom. The van der Waals surface area contributed by atoms with Crippen LogP contribution in [-0.4, -0.2) is 54.4 Å². The zero-order valence-electron chi connectivity index (χ0n) is 11.9. The minimum absolute atomic E-state index is 0.124. The van der Waals surface area contributed by atoms with Crippen LogP contribution in [0.4, 0.5) is 10.5 Å². The van der Waals surface area contributed by atoms with Crippen molar-refractivity contribution in [3.63, 3.8) is 0 Å². The molecule has 3 rings (SSSR count). The molecule has 1 amide bonds. The number of nitrogens with zero attached hydrogens (tertiary/aromatic N) is 2. The monoisotopic (exact) mass is 290 g/mol. The zero-order chi connectivity index (χ0) is 15.0. The van der Waals surface area contributed by atoms with Gasteiger partial charge in [0.1, 0.15) is 5.60 Å². The van der Waals surface area contributed by atoms with E-state index in [9.17, 15) is 14.7 Å². The predicted octanol–water partition coefficient (Wildman–Crippen LogP) is 1.81. The number of piperidine rings is 1. The van der Waals surface area contributed by atoms with Crippen LogP contribution in [0.3, 0.4) is 0 Å². The van der Waals surface area contributed by atoms with Gasteiger partial charge in [-0.15, -0.1) is 0 Å². The number of rotatable bonds is 2. The summed E-state index contributed by atoms with van der Waals surface area (Å²) >= 11 is 0. The number of aromatic carboxylic acids is 1. The highest BCUT2D eigenvalue weighted by atomic mass is 16.6. The Kier molecular flexibility index (Phi) is 3.33. The molecule has 2 aliphatic rings. The summed E-state index contributed by atoms with van der Waals surface area (Å²) in [6.45, 7) is 2.17. The second kappa shape index (κ2) is 5.04. The molecule has 6 nitrogen and oxygen atoms in total. The van der Waals surface area contributed by atoms with Gasteiger partial charge < -0.3 is 14.7 Å². The maximum Gasteiger partial charge on any atom is 0.415 e. The molecule has 21 heavy (non-hydrogen) atoms. The highest BCUT2D eigenvalue weighted by Crippen LogP contribution is 2.36. The molecule has 2 saturated heterocycles. The average Bonchev–Trinajstić information content (AvgIpc) is 2.79. The van der Waals surface area contributed by atoms with Gasteiger partial charge in [-0.25, -0.2) is 9.59 Å². The fourth-order valence-corrected chi connectivity index (χ4v) is 2.98. The van der Waals surface area contributed by atoms with Crippen molar-refractivity contribution in [2.75, 3.05) is 31.6 Å². The number of para-hydroxylation sites is 1. The van der Waals surface area contributed by atoms with E-state index >= 15 is 0 Å². The van der Waals surface area contributed by atoms with Gasteiger partial charge in [-0.2, -0.15) is 0 Å². The Hall–Kier alpha value is -2.08. The normalized spacial score (nSPS) is 21.6. The van der Waals surface area contributed by atoms with Crippen molar-refractivity contribution in [3.05, 3.63) is 29.8 Å². The highest BCUT2D eigenvalue weighted by molar-refractivity contribution is 6.00. The molecule has 0 unspecified atom stereocenters. The SMILES string of the molecule is CN1CCC2(CC1)CN(c1ccccc1C(=O)O)C(=O)O2. The predicted molar refractivity (Wildman–Crippen MR) is 76.7 cm³/mol. The van der Waals surface area contributed by atoms with E-state index in [0.29, 0.717) is 12.2 Å². The van der Waals surface area contributed by atoms with Crippen LogP contribution in [-0.2, 0) is 4.74 Å². The smallest absolute Gasteiger partial charge is 0.415 e. The number of ether oxygens (including phenoxy) is 1. The molecule has 0 aliphatic carbocycles. The quantitative estimate of drug-likeness (QED) is 0.899. The molecule has 1 spiro atoms. The molecule has 0 atom stereocenters. The molecule has 0 aromatic heterocycles. The molecule has 6 heteroatoms. The van der Waals surface area contributed by atoms with E-state index in [1.54, 1.807) is 18.2 Å². The van der Waals surface area contributed by atoms with Crippen molar-refractivity contribution >= 4 is 17.7 Å². The third-order valence-corrected chi connectivity index (χ3v) is 4.29. The van der Waals surface area contributed by atoms with E-state index in [-0.39, 0.29) is 5.56 Å². The van der Waals surface area contributed by atoms with Crippen LogP contribution in [0.5, 0.6) is 0 Å². The van der Waals surface area contributed by atoms with Crippen molar-refractivity contribution in [1.82, 2.24) is 4.90 Å². The van der Waals surface area contributed by atoms with Crippen molar-refractivity contribution < 1.29 is 19.4 Å². The first kappa shape index (κ1) is 13.9. The number of hydrogen-bond donors (Lipinski definition) is 1. The van der Waals surface area contributed by atoms with Crippen LogP contribution >= 0.6 is 0 Å². The fourth-order valence-electron chi connectivity index (χ4n) is 2.98. The van der Waals surface area contributed by atoms with Crippen molar-refractivity contribution in [3.8, 4) is 0 Å². The van der Waals surface area contributed by atoms with E-state index in [2.05, 4.69) is 4.90 Å². The lowest BCUT2D eigenvalue weighted by molar-refractivity contribution is 0.00677. The van der Waals surface area contributed by atoms with Crippen molar-refractivity contribution in [1.29, 1.82) is 0 Å². The fraction of sp³-hybridized carbons (Fsp3) is 0.467. The first-order chi connectivity index (χ1) is 10.0. The van der Waals surface area contributed by atoms with E-state index in [0.717, 1.165) is 25.9 Å². The summed E-state index contributed by atoms with van der Waals surface area (Å²) in [5.74, 6) is -1.04. The number of hydrogen-bond acceptors (Lipinski definition) is 4.